The summed E-state index contributed by atoms with van der Waals surface area (Å²) >= 11 is 0. The largest absolute Gasteiger partial charge is 0.357 e. The molecule has 0 aromatic carbocycles. The molecule has 2 heterocycles. The molecule has 76 valence electrons. The van der Waals surface area contributed by atoms with Crippen LogP contribution in [-0.2, 0) is 6.42 Å². The number of hydrogen-bond donors (Lipinski definition) is 1. The maximum Gasteiger partial charge on any atom is 0.270 e. The Hall–Kier alpha value is -1.25. The second kappa shape index (κ2) is 2.87. The number of carbonyl (C=O) groups is 1. The summed E-state index contributed by atoms with van der Waals surface area (Å²) in [6.45, 7) is 4.22. The third kappa shape index (κ3) is 1.24. The molecule has 1 aromatic rings. The Morgan fingerprint density at radius 2 is 2.21 bits per heavy atom. The number of H-pyrrole nitrogens is 1. The van der Waals surface area contributed by atoms with Crippen molar-refractivity contribution in [3.05, 3.63) is 23.5 Å². The summed E-state index contributed by atoms with van der Waals surface area (Å²) in [5.74, 6) is 0.104. The smallest absolute Gasteiger partial charge is 0.270 e. The fraction of sp³-hybridized carbons (Fsp3) is 0.545. The maximum absolute atomic E-state index is 12.0. The molecular weight excluding hydrogens is 176 g/mol. The van der Waals surface area contributed by atoms with Crippen LogP contribution in [0.3, 0.4) is 0 Å². The van der Waals surface area contributed by atoms with E-state index in [9.17, 15) is 4.79 Å². The van der Waals surface area contributed by atoms with Crippen LogP contribution >= 0.6 is 0 Å². The third-order valence-corrected chi connectivity index (χ3v) is 3.27. The van der Waals surface area contributed by atoms with E-state index in [1.54, 1.807) is 0 Å². The number of rotatable bonds is 0. The molecule has 0 radical (unpaired) electrons. The van der Waals surface area contributed by atoms with Gasteiger partial charge in [-0.15, -0.1) is 0 Å². The number of aromatic nitrogens is 1. The minimum absolute atomic E-state index is 0.0447. The highest BCUT2D eigenvalue weighted by Crippen LogP contribution is 2.27. The van der Waals surface area contributed by atoms with Gasteiger partial charge in [0.2, 0.25) is 0 Å². The molecule has 0 spiro atoms. The van der Waals surface area contributed by atoms with Crippen LogP contribution in [0.1, 0.15) is 36.3 Å². The van der Waals surface area contributed by atoms with Gasteiger partial charge in [-0.3, -0.25) is 4.79 Å². The second-order valence-corrected chi connectivity index (χ2v) is 4.55. The van der Waals surface area contributed by atoms with Crippen molar-refractivity contribution in [3.63, 3.8) is 0 Å². The molecule has 1 amide bonds. The van der Waals surface area contributed by atoms with Gasteiger partial charge >= 0.3 is 0 Å². The Labute approximate surface area is 84.1 Å². The predicted molar refractivity (Wildman–Crippen MR) is 55.3 cm³/mol. The van der Waals surface area contributed by atoms with Gasteiger partial charge < -0.3 is 9.88 Å². The number of aromatic amines is 1. The Balaban J connectivity index is 2.44. The lowest BCUT2D eigenvalue weighted by Gasteiger charge is -2.33. The summed E-state index contributed by atoms with van der Waals surface area (Å²) < 4.78 is 0. The molecule has 0 fully saturated rings. The zero-order valence-electron chi connectivity index (χ0n) is 8.92. The summed E-state index contributed by atoms with van der Waals surface area (Å²) in [4.78, 5) is 16.9. The number of fused-ring (bicyclic) bond motifs is 1. The summed E-state index contributed by atoms with van der Waals surface area (Å²) in [6.07, 6.45) is 3.83. The topological polar surface area (TPSA) is 36.1 Å². The molecule has 0 saturated heterocycles. The molecule has 1 aliphatic rings. The fourth-order valence-corrected chi connectivity index (χ4v) is 1.86. The summed E-state index contributed by atoms with van der Waals surface area (Å²) in [6, 6.07) is 2.00. The van der Waals surface area contributed by atoms with Crippen LogP contribution < -0.4 is 0 Å². The standard InChI is InChI=1S/C11H16N2O/c1-11(2)6-4-8-5-7-12-9(8)10(14)13(11)3/h5,7,12H,4,6H2,1-3H3. The van der Waals surface area contributed by atoms with Crippen molar-refractivity contribution in [1.82, 2.24) is 9.88 Å². The molecule has 1 aromatic heterocycles. The molecule has 3 nitrogen and oxygen atoms in total. The van der Waals surface area contributed by atoms with E-state index in [2.05, 4.69) is 18.8 Å². The molecule has 0 atom stereocenters. The molecule has 0 aliphatic carbocycles. The van der Waals surface area contributed by atoms with Crippen LogP contribution in [0.15, 0.2) is 12.3 Å². The lowest BCUT2D eigenvalue weighted by atomic mass is 9.96. The van der Waals surface area contributed by atoms with Crippen LogP contribution in [0.4, 0.5) is 0 Å². The first-order chi connectivity index (χ1) is 6.52. The Morgan fingerprint density at radius 3 is 2.93 bits per heavy atom. The van der Waals surface area contributed by atoms with Crippen LogP contribution in [0.5, 0.6) is 0 Å². The van der Waals surface area contributed by atoms with E-state index in [1.165, 1.54) is 0 Å². The first-order valence-corrected chi connectivity index (χ1v) is 4.97. The molecule has 14 heavy (non-hydrogen) atoms. The molecule has 0 bridgehead atoms. The number of aryl methyl sites for hydroxylation is 1. The average Bonchev–Trinajstić information content (AvgIpc) is 2.57. The van der Waals surface area contributed by atoms with Gasteiger partial charge in [-0.2, -0.15) is 0 Å². The summed E-state index contributed by atoms with van der Waals surface area (Å²) in [5, 5.41) is 0. The van der Waals surface area contributed by atoms with Crippen molar-refractivity contribution in [2.75, 3.05) is 7.05 Å². The van der Waals surface area contributed by atoms with Crippen molar-refractivity contribution in [3.8, 4) is 0 Å². The fourth-order valence-electron chi connectivity index (χ4n) is 1.86. The van der Waals surface area contributed by atoms with Gasteiger partial charge in [-0.1, -0.05) is 0 Å². The van der Waals surface area contributed by atoms with Gasteiger partial charge in [0.1, 0.15) is 5.69 Å². The minimum atomic E-state index is -0.0447. The van der Waals surface area contributed by atoms with Gasteiger partial charge in [-0.05, 0) is 38.3 Å². The average molecular weight is 192 g/mol. The highest BCUT2D eigenvalue weighted by molar-refractivity contribution is 5.94. The number of amides is 1. The highest BCUT2D eigenvalue weighted by atomic mass is 16.2. The Kier molecular flexibility index (Phi) is 1.91. The van der Waals surface area contributed by atoms with Crippen molar-refractivity contribution in [2.24, 2.45) is 0 Å². The van der Waals surface area contributed by atoms with Crippen molar-refractivity contribution in [2.45, 2.75) is 32.2 Å². The Morgan fingerprint density at radius 1 is 1.50 bits per heavy atom. The van der Waals surface area contributed by atoms with E-state index in [-0.39, 0.29) is 11.4 Å². The number of hydrogen-bond acceptors (Lipinski definition) is 1. The molecule has 3 heteroatoms. The van der Waals surface area contributed by atoms with E-state index >= 15 is 0 Å². The first kappa shape index (κ1) is 9.31. The molecular formula is C11H16N2O. The van der Waals surface area contributed by atoms with Gasteiger partial charge in [0.05, 0.1) is 0 Å². The molecule has 1 N–H and O–H groups in total. The maximum atomic E-state index is 12.0. The first-order valence-electron chi connectivity index (χ1n) is 4.97. The van der Waals surface area contributed by atoms with Gasteiger partial charge in [-0.25, -0.2) is 0 Å². The summed E-state index contributed by atoms with van der Waals surface area (Å²) in [5.41, 5.74) is 1.86. The van der Waals surface area contributed by atoms with Crippen LogP contribution in [-0.4, -0.2) is 28.4 Å². The molecule has 0 unspecified atom stereocenters. The zero-order valence-corrected chi connectivity index (χ0v) is 8.92. The number of carbonyl (C=O) groups excluding carboxylic acids is 1. The van der Waals surface area contributed by atoms with Crippen LogP contribution in [0.2, 0.25) is 0 Å². The minimum Gasteiger partial charge on any atom is -0.357 e. The van der Waals surface area contributed by atoms with E-state index in [0.29, 0.717) is 0 Å². The van der Waals surface area contributed by atoms with Crippen molar-refractivity contribution in [1.29, 1.82) is 0 Å². The highest BCUT2D eigenvalue weighted by Gasteiger charge is 2.33. The van der Waals surface area contributed by atoms with Crippen LogP contribution in [0, 0.1) is 0 Å². The quantitative estimate of drug-likeness (QED) is 0.668. The summed E-state index contributed by atoms with van der Waals surface area (Å²) in [7, 11) is 1.87. The lowest BCUT2D eigenvalue weighted by molar-refractivity contribution is 0.0623. The number of nitrogens with one attached hydrogen (secondary N) is 1. The van der Waals surface area contributed by atoms with Gasteiger partial charge in [0, 0.05) is 18.8 Å². The zero-order chi connectivity index (χ0) is 10.3. The van der Waals surface area contributed by atoms with E-state index in [1.807, 2.05) is 24.2 Å². The predicted octanol–water partition coefficient (Wildman–Crippen LogP) is 1.81. The van der Waals surface area contributed by atoms with Crippen molar-refractivity contribution < 1.29 is 4.79 Å². The SMILES string of the molecule is CN1C(=O)c2[nH]ccc2CCC1(C)C. The van der Waals surface area contributed by atoms with Crippen LogP contribution in [0.25, 0.3) is 0 Å². The van der Waals surface area contributed by atoms with E-state index in [4.69, 9.17) is 0 Å². The van der Waals surface area contributed by atoms with E-state index < -0.39 is 0 Å². The van der Waals surface area contributed by atoms with Gasteiger partial charge in [0.25, 0.3) is 5.91 Å². The molecule has 0 saturated carbocycles. The van der Waals surface area contributed by atoms with Gasteiger partial charge in [0.15, 0.2) is 0 Å². The van der Waals surface area contributed by atoms with E-state index in [0.717, 1.165) is 24.1 Å². The lowest BCUT2D eigenvalue weighted by Crippen LogP contribution is -2.44. The molecule has 1 aliphatic heterocycles. The van der Waals surface area contributed by atoms with Crippen molar-refractivity contribution >= 4 is 5.91 Å². The normalized spacial score (nSPS) is 20.5. The molecule has 2 rings (SSSR count). The monoisotopic (exact) mass is 192 g/mol. The Bertz CT molecular complexity index is 365. The third-order valence-electron chi connectivity index (χ3n) is 3.27. The second-order valence-electron chi connectivity index (χ2n) is 4.55. The number of nitrogens with zero attached hydrogens (tertiary/aromatic N) is 1.